The lowest BCUT2D eigenvalue weighted by Crippen LogP contribution is -2.49. The summed E-state index contributed by atoms with van der Waals surface area (Å²) in [5.74, 6) is -8.68. The lowest BCUT2D eigenvalue weighted by molar-refractivity contribution is -0.138. The molecular weight excluding hydrogens is 1420 g/mol. The van der Waals surface area contributed by atoms with Crippen molar-refractivity contribution in [3.63, 3.8) is 0 Å². The minimum atomic E-state index is -5.41. The van der Waals surface area contributed by atoms with Gasteiger partial charge in [-0.3, -0.25) is 19.2 Å². The first-order valence-electron chi connectivity index (χ1n) is 43.9. The number of ether oxygens (including phenoxy) is 2. The highest BCUT2D eigenvalue weighted by molar-refractivity contribution is 7.98. The number of alkyl halides is 6. The molecule has 0 N–H and O–H groups in total. The van der Waals surface area contributed by atoms with Crippen LogP contribution in [0.25, 0.3) is 44.1 Å². The first-order chi connectivity index (χ1) is 59.7. The quantitative estimate of drug-likeness (QED) is 0.0428. The molecule has 0 bridgehead atoms. The lowest BCUT2D eigenvalue weighted by Gasteiger charge is -2.42. The van der Waals surface area contributed by atoms with Crippen LogP contribution in [0, 0.1) is 30.2 Å². The number of likely N-dealkylation sites (tertiary alicyclic amines) is 2. The monoisotopic (exact) mass is 1520 g/mol. The lowest BCUT2D eigenvalue weighted by atomic mass is 9.96. The fraction of sp³-hybridized carbons (Fsp3) is 0.317. The SMILES string of the molecule is [2H]C([2H])(Sc1cc(=O)c2ccccc2n1CC(=O)N(C1CCN(CCOC)CC1)C([2H])(C)c1ccc(-c2ccc(C(F)(F)F)cc2)cc1)c1cccc(F)c1F.[2H]c1c([2H])c(F)c(F)c(C([2H])([2H])Sc2c([2H])c(=O)c3c([2H])c(C)c([2H])c([2H])c3n2CC(=O)N(C2CCN(CCOC)CC2)C([2H])([2H])c2c([2H])c([2H])c(-c3c([2H])c([2H])c(C(F)(F)F)c([2H])c3[2H])c([2H])c2[2H])c1[2H]. The van der Waals surface area contributed by atoms with Crippen LogP contribution in [0.15, 0.2) is 207 Å². The van der Waals surface area contributed by atoms with E-state index in [4.69, 9.17) is 35.5 Å². The van der Waals surface area contributed by atoms with Gasteiger partial charge in [0.1, 0.15) is 13.1 Å². The molecule has 12 nitrogen and oxygen atoms in total. The number of aromatic nitrogens is 2. The van der Waals surface area contributed by atoms with Crippen molar-refractivity contribution in [2.75, 3.05) is 66.7 Å². The molecule has 1 unspecified atom stereocenters. The standard InChI is InChI=1S/2C41H40F5N3O3S/c1-27(28-10-12-29(13-11-28)30-14-16-32(17-15-30)41(44,45)46)49(33-18-20-47(21-19-33)22-23-52-2)38(51)25-48-36-9-4-3-7-34(36)37(50)24-39(48)53-26-31-6-5-8-35(42)40(31)43;1-27-6-15-36-34(22-27)37(50)23-39(53-26-31-4-3-5-35(42)40(31)43)49(36)25-38(51)48(33-16-18-47(19-17-33)20-21-52-2)24-28-7-9-29(10-8-28)30-11-13-32(14-12-30)41(44,45)46/h3-17,24,27,33H,18-23,25-26H2,1-2H3;3-15,22-23,33H,16-21,24-26H2,1-2H3/i26D2,27D;3D,4D,5D,6D,7D,8D,9D,10D,11D,12D,13D,14D,15D,22D,23D,24D2,26D2. The molecule has 0 spiro atoms. The van der Waals surface area contributed by atoms with Crippen LogP contribution in [0.1, 0.15) is 108 Å². The van der Waals surface area contributed by atoms with E-state index in [1.165, 1.54) is 47.8 Å². The predicted octanol–water partition coefficient (Wildman–Crippen LogP) is 17.7. The maximum absolute atomic E-state index is 15.5. The van der Waals surface area contributed by atoms with Crippen molar-refractivity contribution in [1.82, 2.24) is 28.7 Å². The molecule has 1 atom stereocenters. The van der Waals surface area contributed by atoms with Crippen LogP contribution in [0.3, 0.4) is 0 Å². The third-order valence-corrected chi connectivity index (χ3v) is 19.2. The van der Waals surface area contributed by atoms with E-state index in [0.29, 0.717) is 89.1 Å². The number of piperidine rings is 2. The highest BCUT2D eigenvalue weighted by Gasteiger charge is 2.35. The van der Waals surface area contributed by atoms with E-state index in [9.17, 15) is 58.0 Å². The zero-order valence-electron chi connectivity index (χ0n) is 79.0. The molecule has 2 saturated heterocycles. The molecule has 2 aromatic heterocycles. The van der Waals surface area contributed by atoms with Gasteiger partial charge in [0.05, 0.1) is 76.1 Å². The Morgan fingerprint density at radius 1 is 0.575 bits per heavy atom. The van der Waals surface area contributed by atoms with E-state index >= 15 is 9.18 Å². The zero-order chi connectivity index (χ0) is 94.8. The summed E-state index contributed by atoms with van der Waals surface area (Å²) in [6.07, 6.45) is -9.02. The van der Waals surface area contributed by atoms with Crippen LogP contribution >= 0.6 is 23.5 Å². The molecule has 8 aromatic carbocycles. The molecule has 2 fully saturated rings. The van der Waals surface area contributed by atoms with Crippen molar-refractivity contribution < 1.29 is 93.1 Å². The van der Waals surface area contributed by atoms with Gasteiger partial charge in [0.2, 0.25) is 11.8 Å². The van der Waals surface area contributed by atoms with E-state index in [1.807, 2.05) is 4.90 Å². The molecule has 2 aliphatic rings. The van der Waals surface area contributed by atoms with Gasteiger partial charge in [-0.15, -0.1) is 23.5 Å². The summed E-state index contributed by atoms with van der Waals surface area (Å²) in [6.45, 7) is 0.798. The number of halogens is 10. The molecule has 106 heavy (non-hydrogen) atoms. The molecule has 4 heterocycles. The van der Waals surface area contributed by atoms with Crippen molar-refractivity contribution in [3.05, 3.63) is 270 Å². The van der Waals surface area contributed by atoms with Gasteiger partial charge in [-0.05, 0) is 133 Å². The van der Waals surface area contributed by atoms with Gasteiger partial charge in [0.25, 0.3) is 0 Å². The number of amides is 2. The average Bonchev–Trinajstić information content (AvgIpc) is 0.724. The minimum absolute atomic E-state index is 0.00220. The number of rotatable bonds is 24. The summed E-state index contributed by atoms with van der Waals surface area (Å²) in [5.41, 5.74) is -15.2. The van der Waals surface area contributed by atoms with Crippen molar-refractivity contribution in [1.29, 1.82) is 0 Å². The number of benzene rings is 8. The Morgan fingerprint density at radius 2 is 1.13 bits per heavy atom. The second-order valence-corrected chi connectivity index (χ2v) is 26.0. The van der Waals surface area contributed by atoms with E-state index in [-0.39, 0.29) is 60.3 Å². The molecule has 0 aliphatic carbocycles. The van der Waals surface area contributed by atoms with E-state index in [2.05, 4.69) is 4.90 Å². The van der Waals surface area contributed by atoms with Crippen molar-refractivity contribution in [2.24, 2.45) is 0 Å². The smallest absolute Gasteiger partial charge is 0.383 e. The highest BCUT2D eigenvalue weighted by atomic mass is 32.2. The third-order valence-electron chi connectivity index (χ3n) is 17.5. The summed E-state index contributed by atoms with van der Waals surface area (Å²) < 4.78 is 345. The Kier molecular flexibility index (Phi) is 17.8. The molecule has 0 saturated carbocycles. The van der Waals surface area contributed by atoms with Gasteiger partial charge in [0, 0.05) is 123 Å². The number of fused-ring (bicyclic) bond motifs is 2. The fourth-order valence-electron chi connectivity index (χ4n) is 12.0. The van der Waals surface area contributed by atoms with Crippen LogP contribution in [-0.4, -0.2) is 119 Å². The molecule has 0 radical (unpaired) electrons. The largest absolute Gasteiger partial charge is 0.416 e. The normalized spacial score (nSPS) is 18.1. The first kappa shape index (κ1) is 53.7. The maximum Gasteiger partial charge on any atom is 0.416 e. The number of methoxy groups -OCH3 is 2. The summed E-state index contributed by atoms with van der Waals surface area (Å²) in [6, 6.07) is 0.203. The summed E-state index contributed by atoms with van der Waals surface area (Å²) in [7, 11) is 3.06. The molecular formula is C82H80F10N6O6S2. The number of hydrogen-bond acceptors (Lipinski definition) is 10. The summed E-state index contributed by atoms with van der Waals surface area (Å²) in [5, 5.41) is -1.51. The van der Waals surface area contributed by atoms with Gasteiger partial charge in [0.15, 0.2) is 34.1 Å². The maximum atomic E-state index is 15.5. The number of carbonyl (C=O) groups excluding carboxylic acids is 2. The molecule has 24 heteroatoms. The molecule has 2 aliphatic heterocycles. The minimum Gasteiger partial charge on any atom is -0.383 e. The topological polar surface area (TPSA) is 110 Å². The molecule has 10 aromatic rings. The second kappa shape index (κ2) is 35.1. The van der Waals surface area contributed by atoms with Gasteiger partial charge in [-0.2, -0.15) is 26.3 Å². The third kappa shape index (κ3) is 19.2. The molecule has 556 valence electrons. The first-order valence-corrected chi connectivity index (χ1v) is 34.5. The number of hydrogen-bond donors (Lipinski definition) is 0. The fourth-order valence-corrected chi connectivity index (χ4v) is 13.5. The van der Waals surface area contributed by atoms with Crippen LogP contribution in [0.2, 0.25) is 0 Å². The highest BCUT2D eigenvalue weighted by Crippen LogP contribution is 2.37. The van der Waals surface area contributed by atoms with Crippen molar-refractivity contribution >= 4 is 57.1 Å². The predicted molar refractivity (Wildman–Crippen MR) is 395 cm³/mol. The van der Waals surface area contributed by atoms with Gasteiger partial charge < -0.3 is 38.2 Å². The Balaban J connectivity index is 0.000000256. The van der Waals surface area contributed by atoms with Crippen molar-refractivity contribution in [3.8, 4) is 22.3 Å². The van der Waals surface area contributed by atoms with E-state index < -0.39 is 253 Å². The van der Waals surface area contributed by atoms with E-state index in [0.717, 1.165) is 24.3 Å². The van der Waals surface area contributed by atoms with Gasteiger partial charge in [-0.1, -0.05) is 121 Å². The Labute approximate surface area is 647 Å². The van der Waals surface area contributed by atoms with Crippen molar-refractivity contribution in [2.45, 2.75) is 111 Å². The Morgan fingerprint density at radius 3 is 1.75 bits per heavy atom. The van der Waals surface area contributed by atoms with Crippen LogP contribution in [0.4, 0.5) is 43.9 Å². The average molecular weight is 1520 g/mol. The van der Waals surface area contributed by atoms with Gasteiger partial charge in [-0.25, -0.2) is 17.6 Å². The van der Waals surface area contributed by atoms with Gasteiger partial charge >= 0.3 is 12.4 Å². The molecule has 2 amide bonds. The number of thioether (sulfide) groups is 2. The Bertz CT molecular complexity index is 6040. The van der Waals surface area contributed by atoms with Crippen LogP contribution in [0.5, 0.6) is 0 Å². The Hall–Kier alpha value is -9.04. The summed E-state index contributed by atoms with van der Waals surface area (Å²) >= 11 is 0.164. The molecule has 12 rings (SSSR count). The van der Waals surface area contributed by atoms with Crippen LogP contribution < -0.4 is 10.9 Å². The second-order valence-electron chi connectivity index (χ2n) is 24.4. The number of para-hydroxylation sites is 1. The summed E-state index contributed by atoms with van der Waals surface area (Å²) in [4.78, 5) is 63.6. The zero-order valence-corrected chi connectivity index (χ0v) is 58.7. The number of carbonyl (C=O) groups is 2. The van der Waals surface area contributed by atoms with Crippen LogP contribution in [-0.2, 0) is 62.4 Å². The van der Waals surface area contributed by atoms with E-state index in [1.54, 1.807) is 62.6 Å². The number of pyridine rings is 2. The number of nitrogens with zero attached hydrogens (tertiary/aromatic N) is 6.